The third-order valence-electron chi connectivity index (χ3n) is 4.22. The van der Waals surface area contributed by atoms with Crippen molar-refractivity contribution in [2.24, 2.45) is 0 Å². The number of rotatable bonds is 5. The Morgan fingerprint density at radius 3 is 3.00 bits per heavy atom. The molecule has 3 heterocycles. The van der Waals surface area contributed by atoms with E-state index in [1.54, 1.807) is 12.4 Å². The molecule has 1 atom stereocenters. The predicted octanol–water partition coefficient (Wildman–Crippen LogP) is 2.57. The second-order valence-corrected chi connectivity index (χ2v) is 6.11. The van der Waals surface area contributed by atoms with Gasteiger partial charge in [0.05, 0.1) is 24.0 Å². The van der Waals surface area contributed by atoms with Gasteiger partial charge in [-0.3, -0.25) is 9.78 Å². The molecule has 0 N–H and O–H groups in total. The minimum atomic E-state index is -0.00428. The molecule has 6 heteroatoms. The van der Waals surface area contributed by atoms with E-state index >= 15 is 0 Å². The molecule has 2 aromatic heterocycles. The molecule has 0 bridgehead atoms. The molecule has 3 rings (SSSR count). The van der Waals surface area contributed by atoms with Gasteiger partial charge >= 0.3 is 0 Å². The van der Waals surface area contributed by atoms with E-state index in [-0.39, 0.29) is 11.9 Å². The molecule has 1 fully saturated rings. The lowest BCUT2D eigenvalue weighted by molar-refractivity contribution is 0.0311. The standard InChI is InChI=1S/C18H22N4O2/c1-13-17(14(2)23)10-20-18(21-13)22-8-4-6-16(11-22)24-12-15-5-3-7-19-9-15/h3,5,7,9-10,16H,4,6,8,11-12H2,1-2H3. The van der Waals surface area contributed by atoms with Crippen LogP contribution in [-0.2, 0) is 11.3 Å². The van der Waals surface area contributed by atoms with Crippen LogP contribution in [0.4, 0.5) is 5.95 Å². The van der Waals surface area contributed by atoms with Crippen molar-refractivity contribution in [1.29, 1.82) is 0 Å². The quantitative estimate of drug-likeness (QED) is 0.787. The maximum atomic E-state index is 11.5. The van der Waals surface area contributed by atoms with Crippen LogP contribution in [0.2, 0.25) is 0 Å². The molecule has 0 saturated carbocycles. The minimum absolute atomic E-state index is 0.00428. The van der Waals surface area contributed by atoms with Gasteiger partial charge in [-0.25, -0.2) is 9.97 Å². The van der Waals surface area contributed by atoms with Crippen molar-refractivity contribution < 1.29 is 9.53 Å². The van der Waals surface area contributed by atoms with Crippen molar-refractivity contribution in [3.8, 4) is 0 Å². The van der Waals surface area contributed by atoms with Crippen LogP contribution in [0.25, 0.3) is 0 Å². The van der Waals surface area contributed by atoms with Crippen molar-refractivity contribution >= 4 is 11.7 Å². The topological polar surface area (TPSA) is 68.2 Å². The molecule has 0 radical (unpaired) electrons. The summed E-state index contributed by atoms with van der Waals surface area (Å²) >= 11 is 0. The first-order chi connectivity index (χ1) is 11.6. The number of ether oxygens (including phenoxy) is 1. The monoisotopic (exact) mass is 326 g/mol. The molecular formula is C18H22N4O2. The number of piperidine rings is 1. The van der Waals surface area contributed by atoms with Gasteiger partial charge in [0, 0.05) is 31.7 Å². The summed E-state index contributed by atoms with van der Waals surface area (Å²) in [5.41, 5.74) is 2.39. The Balaban J connectivity index is 1.63. The first-order valence-electron chi connectivity index (χ1n) is 8.23. The van der Waals surface area contributed by atoms with Gasteiger partial charge in [-0.05, 0) is 38.3 Å². The molecule has 126 valence electrons. The highest BCUT2D eigenvalue weighted by Crippen LogP contribution is 2.20. The first-order valence-corrected chi connectivity index (χ1v) is 8.23. The Hall–Kier alpha value is -2.34. The molecule has 2 aromatic rings. The van der Waals surface area contributed by atoms with E-state index in [4.69, 9.17) is 4.74 Å². The average molecular weight is 326 g/mol. The normalized spacial score (nSPS) is 17.8. The largest absolute Gasteiger partial charge is 0.372 e. The lowest BCUT2D eigenvalue weighted by Crippen LogP contribution is -2.40. The number of anilines is 1. The zero-order chi connectivity index (χ0) is 16.9. The summed E-state index contributed by atoms with van der Waals surface area (Å²) in [7, 11) is 0. The van der Waals surface area contributed by atoms with Crippen LogP contribution in [-0.4, -0.2) is 39.9 Å². The summed E-state index contributed by atoms with van der Waals surface area (Å²) in [4.78, 5) is 26.6. The van der Waals surface area contributed by atoms with E-state index < -0.39 is 0 Å². The number of hydrogen-bond acceptors (Lipinski definition) is 6. The molecule has 1 saturated heterocycles. The summed E-state index contributed by atoms with van der Waals surface area (Å²) in [6.07, 6.45) is 7.43. The zero-order valence-electron chi connectivity index (χ0n) is 14.1. The number of hydrogen-bond donors (Lipinski definition) is 0. The zero-order valence-corrected chi connectivity index (χ0v) is 14.1. The van der Waals surface area contributed by atoms with Gasteiger partial charge in [-0.15, -0.1) is 0 Å². The van der Waals surface area contributed by atoms with Crippen molar-refractivity contribution in [2.75, 3.05) is 18.0 Å². The molecule has 1 unspecified atom stereocenters. The molecular weight excluding hydrogens is 304 g/mol. The fourth-order valence-electron chi connectivity index (χ4n) is 2.91. The molecule has 6 nitrogen and oxygen atoms in total. The van der Waals surface area contributed by atoms with Crippen LogP contribution in [0.15, 0.2) is 30.7 Å². The fourth-order valence-corrected chi connectivity index (χ4v) is 2.91. The third kappa shape index (κ3) is 3.94. The average Bonchev–Trinajstić information content (AvgIpc) is 2.61. The van der Waals surface area contributed by atoms with E-state index in [0.717, 1.165) is 37.2 Å². The van der Waals surface area contributed by atoms with Gasteiger partial charge in [0.2, 0.25) is 5.95 Å². The van der Waals surface area contributed by atoms with Crippen molar-refractivity contribution in [3.63, 3.8) is 0 Å². The number of carbonyl (C=O) groups is 1. The number of Topliss-reactive ketones (excluding diaryl/α,β-unsaturated/α-hetero) is 1. The van der Waals surface area contributed by atoms with Crippen molar-refractivity contribution in [1.82, 2.24) is 15.0 Å². The van der Waals surface area contributed by atoms with Gasteiger partial charge in [0.25, 0.3) is 0 Å². The lowest BCUT2D eigenvalue weighted by atomic mass is 10.1. The van der Waals surface area contributed by atoms with E-state index in [1.807, 2.05) is 25.3 Å². The summed E-state index contributed by atoms with van der Waals surface area (Å²) in [6, 6.07) is 3.93. The summed E-state index contributed by atoms with van der Waals surface area (Å²) in [5.74, 6) is 0.669. The summed E-state index contributed by atoms with van der Waals surface area (Å²) in [6.45, 7) is 5.62. The maximum absolute atomic E-state index is 11.5. The molecule has 0 spiro atoms. The molecule has 0 aromatic carbocycles. The molecule has 24 heavy (non-hydrogen) atoms. The van der Waals surface area contributed by atoms with Crippen LogP contribution >= 0.6 is 0 Å². The fraction of sp³-hybridized carbons (Fsp3) is 0.444. The number of nitrogens with zero attached hydrogens (tertiary/aromatic N) is 4. The van der Waals surface area contributed by atoms with E-state index in [9.17, 15) is 4.79 Å². The van der Waals surface area contributed by atoms with Gasteiger partial charge in [-0.2, -0.15) is 0 Å². The van der Waals surface area contributed by atoms with Crippen LogP contribution in [0, 0.1) is 6.92 Å². The Morgan fingerprint density at radius 1 is 1.42 bits per heavy atom. The predicted molar refractivity (Wildman–Crippen MR) is 91.0 cm³/mol. The van der Waals surface area contributed by atoms with Gasteiger partial charge in [0.1, 0.15) is 0 Å². The van der Waals surface area contributed by atoms with E-state index in [0.29, 0.717) is 18.1 Å². The smallest absolute Gasteiger partial charge is 0.225 e. The second kappa shape index (κ2) is 7.49. The van der Waals surface area contributed by atoms with Gasteiger partial charge in [-0.1, -0.05) is 6.07 Å². The SMILES string of the molecule is CC(=O)c1cnc(N2CCCC(OCc3cccnc3)C2)nc1C. The molecule has 0 aliphatic carbocycles. The van der Waals surface area contributed by atoms with Gasteiger partial charge in [0.15, 0.2) is 5.78 Å². The Labute approximate surface area is 141 Å². The number of pyridine rings is 1. The Morgan fingerprint density at radius 2 is 2.29 bits per heavy atom. The highest BCUT2D eigenvalue weighted by atomic mass is 16.5. The van der Waals surface area contributed by atoms with Crippen LogP contribution < -0.4 is 4.90 Å². The number of aromatic nitrogens is 3. The lowest BCUT2D eigenvalue weighted by Gasteiger charge is -2.32. The van der Waals surface area contributed by atoms with Gasteiger partial charge < -0.3 is 9.64 Å². The van der Waals surface area contributed by atoms with Crippen LogP contribution in [0.1, 0.15) is 41.4 Å². The number of carbonyl (C=O) groups excluding carboxylic acids is 1. The Kier molecular flexibility index (Phi) is 5.15. The van der Waals surface area contributed by atoms with E-state index in [1.165, 1.54) is 6.92 Å². The second-order valence-electron chi connectivity index (χ2n) is 6.11. The number of aryl methyl sites for hydroxylation is 1. The summed E-state index contributed by atoms with van der Waals surface area (Å²) in [5, 5.41) is 0. The van der Waals surface area contributed by atoms with Crippen LogP contribution in [0.3, 0.4) is 0 Å². The first kappa shape index (κ1) is 16.5. The number of ketones is 1. The molecule has 0 amide bonds. The molecule has 1 aliphatic heterocycles. The summed E-state index contributed by atoms with van der Waals surface area (Å²) < 4.78 is 6.02. The highest BCUT2D eigenvalue weighted by Gasteiger charge is 2.23. The Bertz CT molecular complexity index is 705. The van der Waals surface area contributed by atoms with Crippen molar-refractivity contribution in [3.05, 3.63) is 47.5 Å². The van der Waals surface area contributed by atoms with Crippen molar-refractivity contribution in [2.45, 2.75) is 39.4 Å². The van der Waals surface area contributed by atoms with E-state index in [2.05, 4.69) is 19.9 Å². The van der Waals surface area contributed by atoms with Crippen LogP contribution in [0.5, 0.6) is 0 Å². The highest BCUT2D eigenvalue weighted by molar-refractivity contribution is 5.94. The minimum Gasteiger partial charge on any atom is -0.372 e. The molecule has 1 aliphatic rings. The maximum Gasteiger partial charge on any atom is 0.225 e. The third-order valence-corrected chi connectivity index (χ3v) is 4.22.